The Morgan fingerprint density at radius 2 is 1.95 bits per heavy atom. The average molecular weight is 316 g/mol. The lowest BCUT2D eigenvalue weighted by Crippen LogP contribution is -2.29. The number of rotatable bonds is 5. The molecule has 7 heteroatoms. The average Bonchev–Trinajstić information content (AvgIpc) is 2.94. The lowest BCUT2D eigenvalue weighted by molar-refractivity contribution is -0.153. The molecule has 2 atom stereocenters. The van der Waals surface area contributed by atoms with Gasteiger partial charge in [0.2, 0.25) is 5.91 Å². The molecule has 122 valence electrons. The largest absolute Gasteiger partial charge is 0.484 e. The summed E-state index contributed by atoms with van der Waals surface area (Å²) in [5.74, 6) is 0.133. The van der Waals surface area contributed by atoms with Crippen molar-refractivity contribution in [2.75, 3.05) is 18.5 Å². The minimum absolute atomic E-state index is 0.0862. The van der Waals surface area contributed by atoms with E-state index in [2.05, 4.69) is 10.1 Å². The van der Waals surface area contributed by atoms with Crippen LogP contribution in [0.25, 0.3) is 0 Å². The van der Waals surface area contributed by atoms with Gasteiger partial charge in [-0.2, -0.15) is 13.2 Å². The maximum atomic E-state index is 12.2. The zero-order valence-corrected chi connectivity index (χ0v) is 12.0. The molecule has 1 aliphatic carbocycles. The first-order chi connectivity index (χ1) is 10.4. The molecule has 0 unspecified atom stereocenters. The molecule has 1 saturated carbocycles. The molecule has 0 aromatic heterocycles. The van der Waals surface area contributed by atoms with Crippen LogP contribution >= 0.6 is 0 Å². The number of halogens is 3. The van der Waals surface area contributed by atoms with E-state index < -0.39 is 12.8 Å². The Morgan fingerprint density at radius 3 is 2.55 bits per heavy atom. The van der Waals surface area contributed by atoms with Gasteiger partial charge in [0.05, 0.1) is 0 Å². The summed E-state index contributed by atoms with van der Waals surface area (Å²) in [6.45, 7) is -0.846. The van der Waals surface area contributed by atoms with Crippen molar-refractivity contribution in [1.29, 1.82) is 0 Å². The number of alkyl halides is 3. The molecule has 0 spiro atoms. The Labute approximate surface area is 126 Å². The smallest absolute Gasteiger partial charge is 0.422 e. The summed E-state index contributed by atoms with van der Waals surface area (Å²) in [6.07, 6.45) is -1.60. The van der Waals surface area contributed by atoms with Crippen molar-refractivity contribution in [3.63, 3.8) is 0 Å². The van der Waals surface area contributed by atoms with E-state index in [0.717, 1.165) is 19.3 Å². The predicted octanol–water partition coefficient (Wildman–Crippen LogP) is 2.94. The van der Waals surface area contributed by atoms with Crippen LogP contribution in [0, 0.1) is 11.8 Å². The van der Waals surface area contributed by atoms with Crippen molar-refractivity contribution >= 4 is 11.6 Å². The van der Waals surface area contributed by atoms with Crippen LogP contribution in [0.1, 0.15) is 19.3 Å². The highest BCUT2D eigenvalue weighted by Crippen LogP contribution is 2.32. The van der Waals surface area contributed by atoms with Gasteiger partial charge in [-0.05, 0) is 49.6 Å². The number of carbonyl (C=O) groups is 1. The zero-order valence-electron chi connectivity index (χ0n) is 12.0. The molecule has 0 bridgehead atoms. The van der Waals surface area contributed by atoms with Gasteiger partial charge in [-0.15, -0.1) is 0 Å². The van der Waals surface area contributed by atoms with E-state index in [9.17, 15) is 18.0 Å². The first-order valence-corrected chi connectivity index (χ1v) is 7.19. The SMILES string of the molecule is NC[C@H]1CCC[C@H]1C(=O)Nc1ccc(OCC(F)(F)F)cc1. The summed E-state index contributed by atoms with van der Waals surface area (Å²) in [4.78, 5) is 12.2. The molecule has 1 aromatic rings. The standard InChI is InChI=1S/C15H19F3N2O2/c16-15(17,18)9-22-12-6-4-11(5-7-12)20-14(21)13-3-1-2-10(13)8-19/h4-7,10,13H,1-3,8-9,19H2,(H,20,21)/t10-,13-/m1/s1. The second kappa shape index (κ2) is 7.00. The fraction of sp³-hybridized carbons (Fsp3) is 0.533. The minimum atomic E-state index is -4.37. The molecular formula is C15H19F3N2O2. The monoisotopic (exact) mass is 316 g/mol. The fourth-order valence-electron chi connectivity index (χ4n) is 2.70. The van der Waals surface area contributed by atoms with Gasteiger partial charge in [-0.3, -0.25) is 4.79 Å². The molecule has 0 aliphatic heterocycles. The number of hydrogen-bond acceptors (Lipinski definition) is 3. The van der Waals surface area contributed by atoms with E-state index in [1.165, 1.54) is 24.3 Å². The van der Waals surface area contributed by atoms with E-state index in [1.807, 2.05) is 0 Å². The Morgan fingerprint density at radius 1 is 1.27 bits per heavy atom. The van der Waals surface area contributed by atoms with Crippen molar-refractivity contribution in [3.8, 4) is 5.75 Å². The number of amides is 1. The highest BCUT2D eigenvalue weighted by Gasteiger charge is 2.32. The summed E-state index contributed by atoms with van der Waals surface area (Å²) in [5.41, 5.74) is 6.19. The highest BCUT2D eigenvalue weighted by molar-refractivity contribution is 5.93. The van der Waals surface area contributed by atoms with Crippen molar-refractivity contribution in [1.82, 2.24) is 0 Å². The number of hydrogen-bond donors (Lipinski definition) is 2. The van der Waals surface area contributed by atoms with Gasteiger partial charge < -0.3 is 15.8 Å². The minimum Gasteiger partial charge on any atom is -0.484 e. The molecule has 0 saturated heterocycles. The molecule has 4 nitrogen and oxygen atoms in total. The predicted molar refractivity (Wildman–Crippen MR) is 76.5 cm³/mol. The summed E-state index contributed by atoms with van der Waals surface area (Å²) >= 11 is 0. The van der Waals surface area contributed by atoms with E-state index in [4.69, 9.17) is 5.73 Å². The Hall–Kier alpha value is -1.76. The van der Waals surface area contributed by atoms with Crippen LogP contribution in [0.4, 0.5) is 18.9 Å². The number of carbonyl (C=O) groups excluding carboxylic acids is 1. The molecule has 1 fully saturated rings. The maximum absolute atomic E-state index is 12.2. The summed E-state index contributed by atoms with van der Waals surface area (Å²) < 4.78 is 40.7. The number of nitrogens with two attached hydrogens (primary N) is 1. The van der Waals surface area contributed by atoms with Crippen LogP contribution in [0.3, 0.4) is 0 Å². The Balaban J connectivity index is 1.89. The van der Waals surface area contributed by atoms with Gasteiger partial charge in [-0.25, -0.2) is 0 Å². The van der Waals surface area contributed by atoms with Crippen molar-refractivity contribution in [3.05, 3.63) is 24.3 Å². The fourth-order valence-corrected chi connectivity index (χ4v) is 2.70. The molecule has 2 rings (SSSR count). The normalized spacial score (nSPS) is 21.6. The molecule has 0 heterocycles. The van der Waals surface area contributed by atoms with Crippen molar-refractivity contribution in [2.24, 2.45) is 17.6 Å². The van der Waals surface area contributed by atoms with Gasteiger partial charge in [-0.1, -0.05) is 6.42 Å². The lowest BCUT2D eigenvalue weighted by atomic mass is 9.95. The molecule has 3 N–H and O–H groups in total. The highest BCUT2D eigenvalue weighted by atomic mass is 19.4. The van der Waals surface area contributed by atoms with Crippen LogP contribution in [0.5, 0.6) is 5.75 Å². The van der Waals surface area contributed by atoms with Crippen LogP contribution in [-0.4, -0.2) is 25.2 Å². The van der Waals surface area contributed by atoms with E-state index in [0.29, 0.717) is 12.2 Å². The maximum Gasteiger partial charge on any atom is 0.422 e. The lowest BCUT2D eigenvalue weighted by Gasteiger charge is -2.17. The van der Waals surface area contributed by atoms with Crippen LogP contribution in [-0.2, 0) is 4.79 Å². The van der Waals surface area contributed by atoms with Gasteiger partial charge in [0, 0.05) is 11.6 Å². The summed E-state index contributed by atoms with van der Waals surface area (Å²) in [5, 5.41) is 2.78. The Bertz CT molecular complexity index is 503. The van der Waals surface area contributed by atoms with Crippen LogP contribution in [0.15, 0.2) is 24.3 Å². The third-order valence-electron chi connectivity index (χ3n) is 3.82. The van der Waals surface area contributed by atoms with E-state index in [-0.39, 0.29) is 23.5 Å². The van der Waals surface area contributed by atoms with Gasteiger partial charge in [0.1, 0.15) is 5.75 Å². The number of ether oxygens (including phenoxy) is 1. The Kier molecular flexibility index (Phi) is 5.28. The topological polar surface area (TPSA) is 64.4 Å². The summed E-state index contributed by atoms with van der Waals surface area (Å²) in [6, 6.07) is 5.85. The molecule has 0 radical (unpaired) electrons. The third kappa shape index (κ3) is 4.62. The summed E-state index contributed by atoms with van der Waals surface area (Å²) in [7, 11) is 0. The first kappa shape index (κ1) is 16.6. The molecule has 1 aromatic carbocycles. The molecular weight excluding hydrogens is 297 g/mol. The van der Waals surface area contributed by atoms with E-state index >= 15 is 0 Å². The number of anilines is 1. The third-order valence-corrected chi connectivity index (χ3v) is 3.82. The van der Waals surface area contributed by atoms with Crippen LogP contribution in [0.2, 0.25) is 0 Å². The van der Waals surface area contributed by atoms with Gasteiger partial charge in [0.25, 0.3) is 0 Å². The second-order valence-corrected chi connectivity index (χ2v) is 5.45. The first-order valence-electron chi connectivity index (χ1n) is 7.19. The van der Waals surface area contributed by atoms with Gasteiger partial charge in [0.15, 0.2) is 6.61 Å². The second-order valence-electron chi connectivity index (χ2n) is 5.45. The molecule has 1 amide bonds. The van der Waals surface area contributed by atoms with E-state index in [1.54, 1.807) is 0 Å². The van der Waals surface area contributed by atoms with Crippen LogP contribution < -0.4 is 15.8 Å². The van der Waals surface area contributed by atoms with Crippen molar-refractivity contribution in [2.45, 2.75) is 25.4 Å². The molecule has 22 heavy (non-hydrogen) atoms. The van der Waals surface area contributed by atoms with Crippen molar-refractivity contribution < 1.29 is 22.7 Å². The number of benzene rings is 1. The molecule has 1 aliphatic rings. The van der Waals surface area contributed by atoms with Gasteiger partial charge >= 0.3 is 6.18 Å². The number of nitrogens with one attached hydrogen (secondary N) is 1. The zero-order chi connectivity index (χ0) is 16.2. The quantitative estimate of drug-likeness (QED) is 0.878.